The number of ether oxygens (including phenoxy) is 2. The maximum atomic E-state index is 13.9. The number of hydrogen-bond donors (Lipinski definition) is 0. The van der Waals surface area contributed by atoms with Crippen LogP contribution in [-0.2, 0) is 16.1 Å². The molecule has 5 nitrogen and oxygen atoms in total. The highest BCUT2D eigenvalue weighted by molar-refractivity contribution is 5.91. The number of halogens is 1. The Labute approximate surface area is 173 Å². The molecule has 1 aliphatic heterocycles. The molecule has 0 aliphatic carbocycles. The average molecular weight is 402 g/mol. The first-order valence-corrected chi connectivity index (χ1v) is 9.53. The molecule has 6 heteroatoms. The molecule has 0 unspecified atom stereocenters. The molecule has 1 saturated heterocycles. The predicted molar refractivity (Wildman–Crippen MR) is 109 cm³/mol. The molecule has 150 valence electrons. The van der Waals surface area contributed by atoms with Gasteiger partial charge in [0.15, 0.2) is 6.10 Å². The molecule has 30 heavy (non-hydrogen) atoms. The van der Waals surface area contributed by atoms with Gasteiger partial charge in [0.1, 0.15) is 11.9 Å². The van der Waals surface area contributed by atoms with Crippen molar-refractivity contribution in [2.24, 2.45) is 0 Å². The summed E-state index contributed by atoms with van der Waals surface area (Å²) in [5, 5.41) is 9.03. The summed E-state index contributed by atoms with van der Waals surface area (Å²) < 4.78 is 25.4. The number of hydrogen-bond acceptors (Lipinski definition) is 4. The van der Waals surface area contributed by atoms with E-state index >= 15 is 0 Å². The van der Waals surface area contributed by atoms with Crippen molar-refractivity contribution in [2.75, 3.05) is 11.5 Å². The van der Waals surface area contributed by atoms with Gasteiger partial charge in [-0.2, -0.15) is 5.26 Å². The second-order valence-corrected chi connectivity index (χ2v) is 6.95. The Morgan fingerprint density at radius 3 is 2.50 bits per heavy atom. The Morgan fingerprint density at radius 2 is 1.80 bits per heavy atom. The van der Waals surface area contributed by atoms with E-state index in [1.807, 2.05) is 30.3 Å². The van der Waals surface area contributed by atoms with E-state index in [0.717, 1.165) is 5.56 Å². The van der Waals surface area contributed by atoms with Crippen molar-refractivity contribution in [3.8, 4) is 6.07 Å². The molecule has 0 radical (unpaired) electrons. The van der Waals surface area contributed by atoms with Crippen molar-refractivity contribution < 1.29 is 18.7 Å². The van der Waals surface area contributed by atoms with E-state index in [-0.39, 0.29) is 6.61 Å². The molecule has 1 fully saturated rings. The van der Waals surface area contributed by atoms with Gasteiger partial charge >= 0.3 is 6.09 Å². The van der Waals surface area contributed by atoms with Crippen LogP contribution in [0.4, 0.5) is 14.9 Å². The molecule has 0 bridgehead atoms. The van der Waals surface area contributed by atoms with E-state index in [0.29, 0.717) is 23.4 Å². The first-order chi connectivity index (χ1) is 14.7. The van der Waals surface area contributed by atoms with E-state index in [4.69, 9.17) is 14.7 Å². The predicted octanol–water partition coefficient (Wildman–Crippen LogP) is 4.98. The molecule has 0 aromatic heterocycles. The van der Waals surface area contributed by atoms with Crippen LogP contribution in [0.1, 0.15) is 22.7 Å². The molecule has 0 saturated carbocycles. The van der Waals surface area contributed by atoms with Crippen LogP contribution in [0, 0.1) is 17.1 Å². The summed E-state index contributed by atoms with van der Waals surface area (Å²) in [6, 6.07) is 23.9. The summed E-state index contributed by atoms with van der Waals surface area (Å²) in [4.78, 5) is 14.2. The lowest BCUT2D eigenvalue weighted by Crippen LogP contribution is -2.31. The normalized spacial score (nSPS) is 18.1. The molecule has 1 aliphatic rings. The lowest BCUT2D eigenvalue weighted by Gasteiger charge is -2.25. The quantitative estimate of drug-likeness (QED) is 0.583. The van der Waals surface area contributed by atoms with Crippen LogP contribution >= 0.6 is 0 Å². The summed E-state index contributed by atoms with van der Waals surface area (Å²) in [5.74, 6) is -0.393. The Balaban J connectivity index is 1.60. The highest BCUT2D eigenvalue weighted by Gasteiger charge is 2.43. The Morgan fingerprint density at radius 1 is 1.03 bits per heavy atom. The van der Waals surface area contributed by atoms with Crippen molar-refractivity contribution in [1.82, 2.24) is 0 Å². The molecule has 3 aromatic rings. The van der Waals surface area contributed by atoms with Gasteiger partial charge in [0.05, 0.1) is 24.8 Å². The second kappa shape index (κ2) is 8.76. The first-order valence-electron chi connectivity index (χ1n) is 9.53. The topological polar surface area (TPSA) is 62.6 Å². The molecule has 1 amide bonds. The number of rotatable bonds is 6. The van der Waals surface area contributed by atoms with Crippen molar-refractivity contribution in [3.63, 3.8) is 0 Å². The number of amides is 1. The van der Waals surface area contributed by atoms with Crippen molar-refractivity contribution in [3.05, 3.63) is 101 Å². The number of anilines is 1. The molecule has 1 heterocycles. The van der Waals surface area contributed by atoms with E-state index in [2.05, 4.69) is 6.07 Å². The lowest BCUT2D eigenvalue weighted by molar-refractivity contribution is 0.0273. The third-order valence-electron chi connectivity index (χ3n) is 4.94. The summed E-state index contributed by atoms with van der Waals surface area (Å²) in [7, 11) is 0. The summed E-state index contributed by atoms with van der Waals surface area (Å²) in [6.07, 6.45) is -1.15. The minimum Gasteiger partial charge on any atom is -0.441 e. The van der Waals surface area contributed by atoms with Gasteiger partial charge in [-0.25, -0.2) is 9.18 Å². The molecule has 2 atom stereocenters. The molecule has 0 spiro atoms. The standard InChI is InChI=1S/C24H19FN2O3/c25-20-8-4-7-19(13-20)23-22(16-29-15-18-5-2-1-3-6-18)30-24(28)27(23)21-11-9-17(14-26)10-12-21/h1-13,22-23H,15-16H2/t22-,23-/m0/s1. The SMILES string of the molecule is N#Cc1ccc(N2C(=O)O[C@@H](COCc3ccccc3)[C@@H]2c2cccc(F)c2)cc1. The number of nitriles is 1. The van der Waals surface area contributed by atoms with Gasteiger partial charge in [-0.1, -0.05) is 42.5 Å². The smallest absolute Gasteiger partial charge is 0.415 e. The summed E-state index contributed by atoms with van der Waals surface area (Å²) >= 11 is 0. The Hall–Kier alpha value is -3.69. The van der Waals surface area contributed by atoms with Gasteiger partial charge in [0.2, 0.25) is 0 Å². The number of carbonyl (C=O) groups excluding carboxylic acids is 1. The maximum Gasteiger partial charge on any atom is 0.415 e. The number of cyclic esters (lactones) is 1. The average Bonchev–Trinajstić information content (AvgIpc) is 3.10. The van der Waals surface area contributed by atoms with Gasteiger partial charge in [0.25, 0.3) is 0 Å². The molecule has 0 N–H and O–H groups in total. The first kappa shape index (κ1) is 19.6. The van der Waals surface area contributed by atoms with E-state index < -0.39 is 24.1 Å². The summed E-state index contributed by atoms with van der Waals surface area (Å²) in [5.41, 5.74) is 2.67. The molecular formula is C24H19FN2O3. The van der Waals surface area contributed by atoms with Crippen LogP contribution in [0.25, 0.3) is 0 Å². The van der Waals surface area contributed by atoms with Crippen molar-refractivity contribution in [2.45, 2.75) is 18.8 Å². The highest BCUT2D eigenvalue weighted by Crippen LogP contribution is 2.38. The summed E-state index contributed by atoms with van der Waals surface area (Å²) in [6.45, 7) is 0.538. The fourth-order valence-corrected chi connectivity index (χ4v) is 3.54. The van der Waals surface area contributed by atoms with Crippen molar-refractivity contribution in [1.29, 1.82) is 5.26 Å². The van der Waals surface area contributed by atoms with Gasteiger partial charge < -0.3 is 9.47 Å². The van der Waals surface area contributed by atoms with Gasteiger partial charge in [-0.05, 0) is 47.5 Å². The second-order valence-electron chi connectivity index (χ2n) is 6.95. The lowest BCUT2D eigenvalue weighted by atomic mass is 10.00. The third kappa shape index (κ3) is 4.17. The van der Waals surface area contributed by atoms with Gasteiger partial charge in [-0.15, -0.1) is 0 Å². The molecular weight excluding hydrogens is 383 g/mol. The molecule has 4 rings (SSSR count). The number of carbonyl (C=O) groups is 1. The third-order valence-corrected chi connectivity index (χ3v) is 4.94. The van der Waals surface area contributed by atoms with Crippen LogP contribution in [0.2, 0.25) is 0 Å². The zero-order valence-corrected chi connectivity index (χ0v) is 16.1. The maximum absolute atomic E-state index is 13.9. The highest BCUT2D eigenvalue weighted by atomic mass is 19.1. The Bertz CT molecular complexity index is 1060. The zero-order chi connectivity index (χ0) is 20.9. The van der Waals surface area contributed by atoms with Crippen molar-refractivity contribution >= 4 is 11.8 Å². The monoisotopic (exact) mass is 402 g/mol. The van der Waals surface area contributed by atoms with Crippen LogP contribution < -0.4 is 4.90 Å². The zero-order valence-electron chi connectivity index (χ0n) is 16.1. The largest absolute Gasteiger partial charge is 0.441 e. The minimum atomic E-state index is -0.612. The minimum absolute atomic E-state index is 0.161. The van der Waals surface area contributed by atoms with Crippen LogP contribution in [0.5, 0.6) is 0 Å². The Kier molecular flexibility index (Phi) is 5.73. The van der Waals surface area contributed by atoms with E-state index in [9.17, 15) is 9.18 Å². The van der Waals surface area contributed by atoms with E-state index in [1.54, 1.807) is 36.4 Å². The van der Waals surface area contributed by atoms with Gasteiger partial charge in [-0.3, -0.25) is 4.90 Å². The van der Waals surface area contributed by atoms with E-state index in [1.165, 1.54) is 17.0 Å². The fraction of sp³-hybridized carbons (Fsp3) is 0.167. The number of benzene rings is 3. The van der Waals surface area contributed by atoms with Gasteiger partial charge in [0, 0.05) is 5.69 Å². The van der Waals surface area contributed by atoms with Crippen LogP contribution in [-0.4, -0.2) is 18.8 Å². The number of nitrogens with zero attached hydrogens (tertiary/aromatic N) is 2. The van der Waals surface area contributed by atoms with Crippen LogP contribution in [0.15, 0.2) is 78.9 Å². The fourth-order valence-electron chi connectivity index (χ4n) is 3.54. The molecule has 3 aromatic carbocycles. The van der Waals surface area contributed by atoms with Crippen LogP contribution in [0.3, 0.4) is 0 Å².